The molecule has 0 unspecified atom stereocenters. The highest BCUT2D eigenvalue weighted by Gasteiger charge is 2.24. The van der Waals surface area contributed by atoms with E-state index < -0.39 is 0 Å². The summed E-state index contributed by atoms with van der Waals surface area (Å²) in [6.45, 7) is 2.46. The summed E-state index contributed by atoms with van der Waals surface area (Å²) < 4.78 is 20.7. The van der Waals surface area contributed by atoms with E-state index in [9.17, 15) is 9.18 Å². The van der Waals surface area contributed by atoms with E-state index in [2.05, 4.69) is 14.9 Å². The number of halogens is 1. The van der Waals surface area contributed by atoms with Crippen LogP contribution >= 0.6 is 0 Å². The fraction of sp³-hybridized carbons (Fsp3) is 0.208. The maximum atomic E-state index is 13.5. The molecular weight excluding hydrogens is 409 g/mol. The van der Waals surface area contributed by atoms with E-state index in [1.54, 1.807) is 18.6 Å². The maximum absolute atomic E-state index is 13.5. The summed E-state index contributed by atoms with van der Waals surface area (Å²) >= 11 is 0. The molecule has 32 heavy (non-hydrogen) atoms. The highest BCUT2D eigenvalue weighted by Crippen LogP contribution is 2.30. The molecule has 0 radical (unpaired) electrons. The molecule has 0 saturated carbocycles. The number of benzene rings is 2. The Labute approximate surface area is 184 Å². The molecule has 1 fully saturated rings. The van der Waals surface area contributed by atoms with Crippen LogP contribution < -0.4 is 9.64 Å². The molecule has 1 saturated heterocycles. The number of hydrogen-bond acceptors (Lipinski definition) is 5. The Morgan fingerprint density at radius 1 is 1.00 bits per heavy atom. The summed E-state index contributed by atoms with van der Waals surface area (Å²) in [6.07, 6.45) is 3.47. The van der Waals surface area contributed by atoms with E-state index in [-0.39, 0.29) is 11.7 Å². The number of amides is 1. The Kier molecular flexibility index (Phi) is 5.18. The van der Waals surface area contributed by atoms with Gasteiger partial charge in [-0.05, 0) is 48.5 Å². The monoisotopic (exact) mass is 431 g/mol. The lowest BCUT2D eigenvalue weighted by Crippen LogP contribution is -2.48. The number of piperazine rings is 1. The molecule has 3 heterocycles. The van der Waals surface area contributed by atoms with Crippen molar-refractivity contribution in [1.82, 2.24) is 19.4 Å². The van der Waals surface area contributed by atoms with Crippen LogP contribution in [-0.2, 0) is 0 Å². The first-order valence-corrected chi connectivity index (χ1v) is 10.4. The predicted molar refractivity (Wildman–Crippen MR) is 120 cm³/mol. The van der Waals surface area contributed by atoms with Crippen molar-refractivity contribution >= 4 is 22.8 Å². The first kappa shape index (κ1) is 20.0. The number of methoxy groups -OCH3 is 1. The molecule has 1 aliphatic heterocycles. The van der Waals surface area contributed by atoms with Crippen molar-refractivity contribution in [2.45, 2.75) is 0 Å². The minimum absolute atomic E-state index is 0.00381. The highest BCUT2D eigenvalue weighted by atomic mass is 19.1. The Balaban J connectivity index is 1.28. The van der Waals surface area contributed by atoms with Crippen LogP contribution in [0.15, 0.2) is 67.1 Å². The molecule has 5 rings (SSSR count). The molecule has 162 valence electrons. The molecule has 7 nitrogen and oxygen atoms in total. The molecule has 2 aromatic carbocycles. The number of fused-ring (bicyclic) bond motifs is 1. The number of carbonyl (C=O) groups is 1. The van der Waals surface area contributed by atoms with E-state index in [4.69, 9.17) is 4.74 Å². The standard InChI is InChI=1S/C24H22FN5O2/c1-32-22-15-18(25)6-9-21(22)28-11-13-29(14-12-28)24(31)17-4-7-19(8-5-17)30-16-27-20-3-2-10-26-23(20)30/h2-10,15-16H,11-14H2,1H3. The van der Waals surface area contributed by atoms with Crippen LogP contribution in [0.2, 0.25) is 0 Å². The number of anilines is 1. The summed E-state index contributed by atoms with van der Waals surface area (Å²) in [4.78, 5) is 25.7. The van der Waals surface area contributed by atoms with E-state index in [0.717, 1.165) is 22.5 Å². The van der Waals surface area contributed by atoms with E-state index in [1.807, 2.05) is 45.9 Å². The minimum Gasteiger partial charge on any atom is -0.494 e. The SMILES string of the molecule is COc1cc(F)ccc1N1CCN(C(=O)c2ccc(-n3cnc4cccnc43)cc2)CC1. The largest absolute Gasteiger partial charge is 0.494 e. The third-order valence-corrected chi connectivity index (χ3v) is 5.75. The van der Waals surface area contributed by atoms with E-state index in [0.29, 0.717) is 37.5 Å². The number of nitrogens with zero attached hydrogens (tertiary/aromatic N) is 5. The van der Waals surface area contributed by atoms with Gasteiger partial charge in [0.1, 0.15) is 23.4 Å². The Morgan fingerprint density at radius 2 is 1.78 bits per heavy atom. The molecule has 0 atom stereocenters. The fourth-order valence-corrected chi connectivity index (χ4v) is 4.05. The lowest BCUT2D eigenvalue weighted by Gasteiger charge is -2.36. The van der Waals surface area contributed by atoms with Gasteiger partial charge in [-0.25, -0.2) is 14.4 Å². The second-order valence-corrected chi connectivity index (χ2v) is 7.60. The van der Waals surface area contributed by atoms with Crippen molar-refractivity contribution in [2.75, 3.05) is 38.2 Å². The molecule has 4 aromatic rings. The Morgan fingerprint density at radius 3 is 2.53 bits per heavy atom. The number of aromatic nitrogens is 3. The van der Waals surface area contributed by atoms with E-state index in [1.165, 1.54) is 19.2 Å². The van der Waals surface area contributed by atoms with Gasteiger partial charge in [-0.2, -0.15) is 0 Å². The van der Waals surface area contributed by atoms with Crippen LogP contribution in [0.1, 0.15) is 10.4 Å². The number of rotatable bonds is 4. The van der Waals surface area contributed by atoms with Crippen LogP contribution in [0.3, 0.4) is 0 Å². The lowest BCUT2D eigenvalue weighted by atomic mass is 10.1. The first-order valence-electron chi connectivity index (χ1n) is 10.4. The van der Waals surface area contributed by atoms with Gasteiger partial charge in [-0.1, -0.05) is 0 Å². The van der Waals surface area contributed by atoms with Gasteiger partial charge in [0.25, 0.3) is 5.91 Å². The zero-order valence-corrected chi connectivity index (χ0v) is 17.6. The van der Waals surface area contributed by atoms with Gasteiger partial charge in [0.15, 0.2) is 5.65 Å². The van der Waals surface area contributed by atoms with Gasteiger partial charge in [0.2, 0.25) is 0 Å². The molecule has 0 N–H and O–H groups in total. The Hall–Kier alpha value is -3.94. The number of carbonyl (C=O) groups excluding carboxylic acids is 1. The second kappa shape index (κ2) is 8.30. The molecule has 0 bridgehead atoms. The van der Waals surface area contributed by atoms with Crippen molar-refractivity contribution in [3.63, 3.8) is 0 Å². The van der Waals surface area contributed by atoms with Crippen LogP contribution in [0.25, 0.3) is 16.9 Å². The molecule has 0 aliphatic carbocycles. The van der Waals surface area contributed by atoms with Crippen molar-refractivity contribution in [3.05, 3.63) is 78.5 Å². The zero-order valence-electron chi connectivity index (χ0n) is 17.6. The molecular formula is C24H22FN5O2. The maximum Gasteiger partial charge on any atom is 0.253 e. The summed E-state index contributed by atoms with van der Waals surface area (Å²) in [6, 6.07) is 15.8. The molecule has 8 heteroatoms. The highest BCUT2D eigenvalue weighted by molar-refractivity contribution is 5.94. The minimum atomic E-state index is -0.331. The number of ether oxygens (including phenoxy) is 1. The van der Waals surface area contributed by atoms with Crippen molar-refractivity contribution < 1.29 is 13.9 Å². The van der Waals surface area contributed by atoms with Crippen molar-refractivity contribution in [2.24, 2.45) is 0 Å². The van der Waals surface area contributed by atoms with Gasteiger partial charge in [-0.15, -0.1) is 0 Å². The fourth-order valence-electron chi connectivity index (χ4n) is 4.05. The molecule has 0 spiro atoms. The number of pyridine rings is 1. The predicted octanol–water partition coefficient (Wildman–Crippen LogP) is 3.53. The summed E-state index contributed by atoms with van der Waals surface area (Å²) in [5.41, 5.74) is 3.98. The average Bonchev–Trinajstić information content (AvgIpc) is 3.28. The van der Waals surface area contributed by atoms with Crippen LogP contribution in [0, 0.1) is 5.82 Å². The zero-order chi connectivity index (χ0) is 22.1. The van der Waals surface area contributed by atoms with Crippen LogP contribution in [-0.4, -0.2) is 58.6 Å². The van der Waals surface area contributed by atoms with Crippen LogP contribution in [0.5, 0.6) is 5.75 Å². The second-order valence-electron chi connectivity index (χ2n) is 7.60. The first-order chi connectivity index (χ1) is 15.6. The van der Waals surface area contributed by atoms with Crippen LogP contribution in [0.4, 0.5) is 10.1 Å². The van der Waals surface area contributed by atoms with Gasteiger partial charge in [-0.3, -0.25) is 9.36 Å². The Bertz CT molecular complexity index is 1260. The smallest absolute Gasteiger partial charge is 0.253 e. The van der Waals surface area contributed by atoms with Crippen molar-refractivity contribution in [1.29, 1.82) is 0 Å². The molecule has 2 aromatic heterocycles. The van der Waals surface area contributed by atoms with E-state index >= 15 is 0 Å². The lowest BCUT2D eigenvalue weighted by molar-refractivity contribution is 0.0746. The third kappa shape index (κ3) is 3.64. The average molecular weight is 431 g/mol. The quantitative estimate of drug-likeness (QED) is 0.495. The van der Waals surface area contributed by atoms with Crippen molar-refractivity contribution in [3.8, 4) is 11.4 Å². The van der Waals surface area contributed by atoms with Gasteiger partial charge < -0.3 is 14.5 Å². The normalized spacial score (nSPS) is 14.1. The molecule has 1 amide bonds. The topological polar surface area (TPSA) is 63.5 Å². The third-order valence-electron chi connectivity index (χ3n) is 5.75. The summed E-state index contributed by atoms with van der Waals surface area (Å²) in [7, 11) is 1.53. The number of hydrogen-bond donors (Lipinski definition) is 0. The molecule has 1 aliphatic rings. The van der Waals surface area contributed by atoms with Gasteiger partial charge >= 0.3 is 0 Å². The van der Waals surface area contributed by atoms with Gasteiger partial charge in [0.05, 0.1) is 12.8 Å². The van der Waals surface area contributed by atoms with Gasteiger partial charge in [0, 0.05) is 49.7 Å². The summed E-state index contributed by atoms with van der Waals surface area (Å²) in [5.74, 6) is 0.167. The number of imidazole rings is 1. The summed E-state index contributed by atoms with van der Waals surface area (Å²) in [5, 5.41) is 0.